The number of carbonyl (C=O) groups is 1. The first-order valence-electron chi connectivity index (χ1n) is 10.2. The molecule has 4 heteroatoms. The van der Waals surface area contributed by atoms with Crippen molar-refractivity contribution in [2.24, 2.45) is 0 Å². The first kappa shape index (κ1) is 20.2. The average molecular weight is 416 g/mol. The quantitative estimate of drug-likeness (QED) is 0.418. The van der Waals surface area contributed by atoms with Crippen molar-refractivity contribution in [3.05, 3.63) is 100 Å². The molecule has 30 heavy (non-hydrogen) atoms. The molecule has 1 N–H and O–H groups in total. The predicted octanol–water partition coefficient (Wildman–Crippen LogP) is 5.40. The van der Waals surface area contributed by atoms with Gasteiger partial charge in [-0.05, 0) is 46.7 Å². The summed E-state index contributed by atoms with van der Waals surface area (Å²) in [6, 6.07) is 26.6. The molecule has 0 spiro atoms. The molecule has 0 bridgehead atoms. The molecule has 1 heterocycles. The molecule has 0 atom stereocenters. The van der Waals surface area contributed by atoms with Crippen LogP contribution in [0, 0.1) is 0 Å². The summed E-state index contributed by atoms with van der Waals surface area (Å²) in [5.41, 5.74) is 3.63. The summed E-state index contributed by atoms with van der Waals surface area (Å²) in [6.45, 7) is 0.622. The summed E-state index contributed by atoms with van der Waals surface area (Å²) >= 11 is 1.83. The number of hydrogen-bond donors (Lipinski definition) is 1. The van der Waals surface area contributed by atoms with Crippen molar-refractivity contribution in [1.82, 2.24) is 5.32 Å². The molecule has 0 unspecified atom stereocenters. The number of amides is 1. The highest BCUT2D eigenvalue weighted by Gasteiger charge is 2.14. The van der Waals surface area contributed by atoms with Crippen LogP contribution in [0.2, 0.25) is 0 Å². The third-order valence-electron chi connectivity index (χ3n) is 5.19. The first-order chi connectivity index (χ1) is 14.7. The molecule has 1 amide bonds. The zero-order valence-electron chi connectivity index (χ0n) is 17.1. The van der Waals surface area contributed by atoms with Crippen LogP contribution in [0.4, 0.5) is 0 Å². The second kappa shape index (κ2) is 9.59. The third kappa shape index (κ3) is 4.89. The van der Waals surface area contributed by atoms with E-state index in [1.165, 1.54) is 26.1 Å². The van der Waals surface area contributed by atoms with E-state index >= 15 is 0 Å². The molecule has 0 saturated heterocycles. The normalized spacial score (nSPS) is 10.8. The van der Waals surface area contributed by atoms with E-state index in [1.54, 1.807) is 7.11 Å². The van der Waals surface area contributed by atoms with Gasteiger partial charge in [0.1, 0.15) is 5.75 Å². The number of fused-ring (bicyclic) bond motifs is 1. The Morgan fingerprint density at radius 2 is 1.63 bits per heavy atom. The molecule has 3 aromatic carbocycles. The van der Waals surface area contributed by atoms with E-state index in [9.17, 15) is 4.79 Å². The van der Waals surface area contributed by atoms with Gasteiger partial charge in [-0.15, -0.1) is 11.3 Å². The van der Waals surface area contributed by atoms with Gasteiger partial charge in [0.15, 0.2) is 0 Å². The summed E-state index contributed by atoms with van der Waals surface area (Å²) in [4.78, 5) is 13.7. The van der Waals surface area contributed by atoms with Gasteiger partial charge in [0.05, 0.1) is 13.5 Å². The summed E-state index contributed by atoms with van der Waals surface area (Å²) < 4.78 is 6.71. The van der Waals surface area contributed by atoms with Gasteiger partial charge < -0.3 is 10.1 Å². The van der Waals surface area contributed by atoms with E-state index in [0.717, 1.165) is 24.2 Å². The van der Waals surface area contributed by atoms with Crippen LogP contribution in [0.15, 0.2) is 78.9 Å². The predicted molar refractivity (Wildman–Crippen MR) is 124 cm³/mol. The van der Waals surface area contributed by atoms with Crippen molar-refractivity contribution in [2.75, 3.05) is 13.7 Å². The molecule has 0 aliphatic rings. The van der Waals surface area contributed by atoms with Gasteiger partial charge in [0.2, 0.25) is 5.91 Å². The van der Waals surface area contributed by atoms with Gasteiger partial charge in [-0.2, -0.15) is 0 Å². The molecule has 3 nitrogen and oxygen atoms in total. The summed E-state index contributed by atoms with van der Waals surface area (Å²) in [5.74, 6) is 0.920. The molecule has 0 saturated carbocycles. The topological polar surface area (TPSA) is 38.3 Å². The third-order valence-corrected chi connectivity index (χ3v) is 6.41. The highest BCUT2D eigenvalue weighted by molar-refractivity contribution is 7.19. The Balaban J connectivity index is 1.51. The smallest absolute Gasteiger partial charge is 0.224 e. The molecule has 4 rings (SSSR count). The molecule has 152 valence electrons. The fourth-order valence-electron chi connectivity index (χ4n) is 3.67. The van der Waals surface area contributed by atoms with Crippen LogP contribution in [-0.2, 0) is 24.1 Å². The lowest BCUT2D eigenvalue weighted by molar-refractivity contribution is -0.120. The molecular formula is C26H25NO2S. The summed E-state index contributed by atoms with van der Waals surface area (Å²) in [6.07, 6.45) is 2.11. The molecule has 0 radical (unpaired) electrons. The summed E-state index contributed by atoms with van der Waals surface area (Å²) in [7, 11) is 1.70. The van der Waals surface area contributed by atoms with Crippen molar-refractivity contribution in [1.29, 1.82) is 0 Å². The van der Waals surface area contributed by atoms with Crippen molar-refractivity contribution in [3.8, 4) is 5.75 Å². The highest BCUT2D eigenvalue weighted by atomic mass is 32.1. The van der Waals surface area contributed by atoms with Crippen molar-refractivity contribution in [3.63, 3.8) is 0 Å². The van der Waals surface area contributed by atoms with E-state index in [0.29, 0.717) is 13.0 Å². The van der Waals surface area contributed by atoms with Crippen LogP contribution in [0.25, 0.3) is 10.1 Å². The second-order valence-corrected chi connectivity index (χ2v) is 8.43. The van der Waals surface area contributed by atoms with E-state index < -0.39 is 0 Å². The number of hydrogen-bond acceptors (Lipinski definition) is 3. The van der Waals surface area contributed by atoms with Crippen LogP contribution in [0.5, 0.6) is 5.75 Å². The Morgan fingerprint density at radius 3 is 2.33 bits per heavy atom. The first-order valence-corrected chi connectivity index (χ1v) is 11.0. The van der Waals surface area contributed by atoms with Crippen LogP contribution in [0.1, 0.15) is 21.6 Å². The van der Waals surface area contributed by atoms with Gasteiger partial charge in [0.25, 0.3) is 0 Å². The van der Waals surface area contributed by atoms with Gasteiger partial charge in [-0.3, -0.25) is 4.79 Å². The van der Waals surface area contributed by atoms with Gasteiger partial charge in [-0.25, -0.2) is 0 Å². The number of thiophene rings is 1. The number of ether oxygens (including phenoxy) is 1. The van der Waals surface area contributed by atoms with E-state index in [4.69, 9.17) is 4.74 Å². The molecule has 0 fully saturated rings. The van der Waals surface area contributed by atoms with E-state index in [-0.39, 0.29) is 5.91 Å². The Bertz CT molecular complexity index is 1120. The number of carbonyl (C=O) groups excluding carboxylic acids is 1. The van der Waals surface area contributed by atoms with Crippen molar-refractivity contribution < 1.29 is 9.53 Å². The van der Waals surface area contributed by atoms with Crippen LogP contribution in [-0.4, -0.2) is 19.6 Å². The fraction of sp³-hybridized carbons (Fsp3) is 0.192. The summed E-state index contributed by atoms with van der Waals surface area (Å²) in [5, 5.41) is 4.31. The number of methoxy groups -OCH3 is 1. The molecule has 4 aromatic rings. The maximum Gasteiger partial charge on any atom is 0.224 e. The monoisotopic (exact) mass is 415 g/mol. The molecule has 1 aromatic heterocycles. The van der Waals surface area contributed by atoms with Crippen LogP contribution < -0.4 is 10.1 Å². The zero-order chi connectivity index (χ0) is 20.8. The van der Waals surface area contributed by atoms with E-state index in [2.05, 4.69) is 41.7 Å². The highest BCUT2D eigenvalue weighted by Crippen LogP contribution is 2.35. The SMILES string of the molecule is COc1ccc2sc(Cc3ccccc3)c(CCNC(=O)Cc3ccccc3)c2c1. The Labute approximate surface area is 181 Å². The lowest BCUT2D eigenvalue weighted by Gasteiger charge is -2.08. The largest absolute Gasteiger partial charge is 0.497 e. The minimum Gasteiger partial charge on any atom is -0.497 e. The molecular weight excluding hydrogens is 390 g/mol. The maximum atomic E-state index is 12.4. The molecule has 0 aliphatic carbocycles. The minimum absolute atomic E-state index is 0.0583. The van der Waals surface area contributed by atoms with Crippen molar-refractivity contribution in [2.45, 2.75) is 19.3 Å². The average Bonchev–Trinajstić information content (AvgIpc) is 3.11. The Hall–Kier alpha value is -3.11. The minimum atomic E-state index is 0.0583. The maximum absolute atomic E-state index is 12.4. The zero-order valence-corrected chi connectivity index (χ0v) is 17.9. The van der Waals surface area contributed by atoms with E-state index in [1.807, 2.05) is 53.8 Å². The lowest BCUT2D eigenvalue weighted by Crippen LogP contribution is -2.27. The number of rotatable bonds is 8. The molecule has 0 aliphatic heterocycles. The fourth-order valence-corrected chi connectivity index (χ4v) is 4.94. The lowest BCUT2D eigenvalue weighted by atomic mass is 10.0. The van der Waals surface area contributed by atoms with Gasteiger partial charge in [0, 0.05) is 22.5 Å². The van der Waals surface area contributed by atoms with Crippen LogP contribution >= 0.6 is 11.3 Å². The van der Waals surface area contributed by atoms with Crippen molar-refractivity contribution >= 4 is 27.3 Å². The standard InChI is InChI=1S/C26H25NO2S/c1-29-21-12-13-24-23(18-21)22(25(30-24)16-19-8-4-2-5-9-19)14-15-27-26(28)17-20-10-6-3-7-11-20/h2-13,18H,14-17H2,1H3,(H,27,28). The number of nitrogens with one attached hydrogen (secondary N) is 1. The van der Waals surface area contributed by atoms with Crippen LogP contribution in [0.3, 0.4) is 0 Å². The second-order valence-electron chi connectivity index (χ2n) is 7.29. The Kier molecular flexibility index (Phi) is 6.45. The Morgan fingerprint density at radius 1 is 0.933 bits per heavy atom. The van der Waals surface area contributed by atoms with Gasteiger partial charge in [-0.1, -0.05) is 60.7 Å². The van der Waals surface area contributed by atoms with Gasteiger partial charge >= 0.3 is 0 Å². The number of benzene rings is 3.